The molecule has 0 spiro atoms. The van der Waals surface area contributed by atoms with Crippen molar-refractivity contribution in [2.45, 2.75) is 35.5 Å². The first-order valence-corrected chi connectivity index (χ1v) is 7.82. The molecule has 1 fully saturated rings. The molecule has 0 saturated carbocycles. The first kappa shape index (κ1) is 14.5. The molecular weight excluding hydrogens is 286 g/mol. The Labute approximate surface area is 120 Å². The Balaban J connectivity index is 1.79. The van der Waals surface area contributed by atoms with E-state index in [-0.39, 0.29) is 17.3 Å². The number of carbonyl (C=O) groups is 1. The number of rotatable bonds is 6. The summed E-state index contributed by atoms with van der Waals surface area (Å²) in [6, 6.07) is 0. The van der Waals surface area contributed by atoms with Gasteiger partial charge < -0.3 is 14.8 Å². The fourth-order valence-electron chi connectivity index (χ4n) is 1.70. The molecule has 2 heterocycles. The Hall–Kier alpha value is -0.860. The van der Waals surface area contributed by atoms with Crippen LogP contribution in [0.1, 0.15) is 19.8 Å². The Morgan fingerprint density at radius 2 is 2.53 bits per heavy atom. The largest absolute Gasteiger partial charge is 0.468 e. The van der Waals surface area contributed by atoms with Crippen molar-refractivity contribution in [3.05, 3.63) is 0 Å². The van der Waals surface area contributed by atoms with Crippen LogP contribution in [0.3, 0.4) is 0 Å². The maximum atomic E-state index is 11.3. The predicted molar refractivity (Wildman–Crippen MR) is 74.7 cm³/mol. The summed E-state index contributed by atoms with van der Waals surface area (Å²) in [6.45, 7) is 3.39. The molecule has 2 atom stereocenters. The maximum absolute atomic E-state index is 11.3. The Bertz CT molecular complexity index is 421. The van der Waals surface area contributed by atoms with Crippen molar-refractivity contribution in [1.29, 1.82) is 0 Å². The summed E-state index contributed by atoms with van der Waals surface area (Å²) in [4.78, 5) is 11.3. The van der Waals surface area contributed by atoms with Gasteiger partial charge in [-0.25, -0.2) is 0 Å². The molecular formula is C11H17N3O3S2. The maximum Gasteiger partial charge on any atom is 0.318 e. The average molecular weight is 303 g/mol. The van der Waals surface area contributed by atoms with Crippen LogP contribution in [0.2, 0.25) is 0 Å². The van der Waals surface area contributed by atoms with E-state index in [0.29, 0.717) is 0 Å². The molecule has 1 aliphatic rings. The van der Waals surface area contributed by atoms with Crippen LogP contribution in [0.5, 0.6) is 0 Å². The summed E-state index contributed by atoms with van der Waals surface area (Å²) in [5.41, 5.74) is 0. The molecule has 0 amide bonds. The van der Waals surface area contributed by atoms with Gasteiger partial charge in [0.25, 0.3) is 0 Å². The highest BCUT2D eigenvalue weighted by Gasteiger charge is 2.18. The van der Waals surface area contributed by atoms with Crippen LogP contribution < -0.4 is 5.32 Å². The molecule has 1 aromatic rings. The van der Waals surface area contributed by atoms with Crippen LogP contribution in [-0.2, 0) is 14.3 Å². The van der Waals surface area contributed by atoms with Gasteiger partial charge >= 0.3 is 5.97 Å². The SMILES string of the molecule is COC(=O)C(C)Sc1nnc(NCC2CCCO2)s1. The zero-order valence-corrected chi connectivity index (χ0v) is 12.6. The lowest BCUT2D eigenvalue weighted by atomic mass is 10.2. The summed E-state index contributed by atoms with van der Waals surface area (Å²) >= 11 is 2.79. The molecule has 1 aromatic heterocycles. The lowest BCUT2D eigenvalue weighted by Crippen LogP contribution is -2.18. The van der Waals surface area contributed by atoms with E-state index in [1.165, 1.54) is 30.2 Å². The lowest BCUT2D eigenvalue weighted by Gasteiger charge is -2.08. The predicted octanol–water partition coefficient (Wildman–Crippen LogP) is 1.78. The standard InChI is InChI=1S/C11H17N3O3S2/c1-7(9(15)16-2)18-11-14-13-10(19-11)12-6-8-4-3-5-17-8/h7-8H,3-6H2,1-2H3,(H,12,13). The first-order valence-electron chi connectivity index (χ1n) is 6.12. The van der Waals surface area contributed by atoms with Crippen molar-refractivity contribution in [1.82, 2.24) is 10.2 Å². The van der Waals surface area contributed by atoms with Gasteiger partial charge in [0.15, 0.2) is 4.34 Å². The second-order valence-electron chi connectivity index (χ2n) is 4.17. The third-order valence-electron chi connectivity index (χ3n) is 2.72. The molecule has 8 heteroatoms. The van der Waals surface area contributed by atoms with E-state index in [1.807, 2.05) is 0 Å². The van der Waals surface area contributed by atoms with Gasteiger partial charge in [-0.3, -0.25) is 4.79 Å². The molecule has 0 radical (unpaired) electrons. The number of esters is 1. The second-order valence-corrected chi connectivity index (χ2v) is 6.74. The van der Waals surface area contributed by atoms with E-state index < -0.39 is 0 Å². The van der Waals surface area contributed by atoms with Crippen LogP contribution >= 0.6 is 23.1 Å². The van der Waals surface area contributed by atoms with E-state index in [4.69, 9.17) is 4.74 Å². The van der Waals surface area contributed by atoms with Crippen molar-refractivity contribution >= 4 is 34.2 Å². The van der Waals surface area contributed by atoms with Gasteiger partial charge in [0.05, 0.1) is 13.2 Å². The number of thioether (sulfide) groups is 1. The molecule has 0 bridgehead atoms. The molecule has 6 nitrogen and oxygen atoms in total. The number of aromatic nitrogens is 2. The molecule has 2 rings (SSSR count). The zero-order valence-electron chi connectivity index (χ0n) is 10.9. The average Bonchev–Trinajstić information content (AvgIpc) is 3.06. The van der Waals surface area contributed by atoms with Crippen LogP contribution in [0.4, 0.5) is 5.13 Å². The number of nitrogens with one attached hydrogen (secondary N) is 1. The van der Waals surface area contributed by atoms with Crippen molar-refractivity contribution < 1.29 is 14.3 Å². The fourth-order valence-corrected chi connectivity index (χ4v) is 3.63. The van der Waals surface area contributed by atoms with Crippen LogP contribution in [0.25, 0.3) is 0 Å². The molecule has 0 aromatic carbocycles. The zero-order chi connectivity index (χ0) is 13.7. The van der Waals surface area contributed by atoms with Crippen LogP contribution in [-0.4, -0.2) is 47.8 Å². The fraction of sp³-hybridized carbons (Fsp3) is 0.727. The summed E-state index contributed by atoms with van der Waals surface area (Å²) in [5.74, 6) is -0.255. The van der Waals surface area contributed by atoms with Gasteiger partial charge in [0, 0.05) is 13.2 Å². The summed E-state index contributed by atoms with van der Waals surface area (Å²) in [6.07, 6.45) is 2.49. The number of hydrogen-bond acceptors (Lipinski definition) is 8. The number of nitrogens with zero attached hydrogens (tertiary/aromatic N) is 2. The molecule has 1 N–H and O–H groups in total. The third kappa shape index (κ3) is 4.32. The monoisotopic (exact) mass is 303 g/mol. The number of methoxy groups -OCH3 is 1. The van der Waals surface area contributed by atoms with Gasteiger partial charge in [-0.1, -0.05) is 23.1 Å². The van der Waals surface area contributed by atoms with E-state index in [2.05, 4.69) is 20.3 Å². The smallest absolute Gasteiger partial charge is 0.318 e. The number of ether oxygens (including phenoxy) is 2. The van der Waals surface area contributed by atoms with Crippen LogP contribution in [0.15, 0.2) is 4.34 Å². The van der Waals surface area contributed by atoms with Gasteiger partial charge in [-0.2, -0.15) is 0 Å². The van der Waals surface area contributed by atoms with Crippen molar-refractivity contribution in [2.24, 2.45) is 0 Å². The normalized spacial score (nSPS) is 20.2. The summed E-state index contributed by atoms with van der Waals surface area (Å²) in [7, 11) is 1.38. The van der Waals surface area contributed by atoms with Gasteiger partial charge in [-0.15, -0.1) is 10.2 Å². The topological polar surface area (TPSA) is 73.3 Å². The van der Waals surface area contributed by atoms with E-state index in [0.717, 1.165) is 35.5 Å². The molecule has 0 aliphatic carbocycles. The Morgan fingerprint density at radius 1 is 1.68 bits per heavy atom. The minimum Gasteiger partial charge on any atom is -0.468 e. The molecule has 19 heavy (non-hydrogen) atoms. The highest BCUT2D eigenvalue weighted by atomic mass is 32.2. The van der Waals surface area contributed by atoms with Crippen molar-refractivity contribution in [3.63, 3.8) is 0 Å². The van der Waals surface area contributed by atoms with Crippen LogP contribution in [0, 0.1) is 0 Å². The van der Waals surface area contributed by atoms with Crippen molar-refractivity contribution in [2.75, 3.05) is 25.6 Å². The van der Waals surface area contributed by atoms with E-state index in [9.17, 15) is 4.79 Å². The van der Waals surface area contributed by atoms with E-state index in [1.54, 1.807) is 6.92 Å². The lowest BCUT2D eigenvalue weighted by molar-refractivity contribution is -0.139. The molecule has 1 aliphatic heterocycles. The number of anilines is 1. The highest BCUT2D eigenvalue weighted by Crippen LogP contribution is 2.29. The number of hydrogen-bond donors (Lipinski definition) is 1. The molecule has 106 valence electrons. The third-order valence-corrected chi connectivity index (χ3v) is 4.77. The quantitative estimate of drug-likeness (QED) is 0.634. The highest BCUT2D eigenvalue weighted by molar-refractivity contribution is 8.02. The Kier molecular flexibility index (Phi) is 5.41. The van der Waals surface area contributed by atoms with Gasteiger partial charge in [0.1, 0.15) is 5.25 Å². The summed E-state index contributed by atoms with van der Waals surface area (Å²) < 4.78 is 10.9. The first-order chi connectivity index (χ1) is 9.19. The minimum atomic E-state index is -0.274. The van der Waals surface area contributed by atoms with Gasteiger partial charge in [-0.05, 0) is 19.8 Å². The molecule has 2 unspecified atom stereocenters. The number of carbonyl (C=O) groups excluding carboxylic acids is 1. The van der Waals surface area contributed by atoms with Gasteiger partial charge in [0.2, 0.25) is 5.13 Å². The van der Waals surface area contributed by atoms with Crippen molar-refractivity contribution in [3.8, 4) is 0 Å². The summed E-state index contributed by atoms with van der Waals surface area (Å²) in [5, 5.41) is 11.8. The second kappa shape index (κ2) is 7.06. The van der Waals surface area contributed by atoms with E-state index >= 15 is 0 Å². The Morgan fingerprint density at radius 3 is 3.21 bits per heavy atom. The molecule has 1 saturated heterocycles. The minimum absolute atomic E-state index is 0.255.